The van der Waals surface area contributed by atoms with E-state index in [1.807, 2.05) is 12.1 Å². The molecule has 1 atom stereocenters. The molecule has 1 aromatic rings. The van der Waals surface area contributed by atoms with Crippen molar-refractivity contribution in [2.75, 3.05) is 19.8 Å². The highest BCUT2D eigenvalue weighted by Crippen LogP contribution is 2.38. The zero-order valence-corrected chi connectivity index (χ0v) is 12.4. The molecule has 1 unspecified atom stereocenters. The number of hydrogen-bond donors (Lipinski definition) is 1. The Bertz CT molecular complexity index is 423. The van der Waals surface area contributed by atoms with Crippen LogP contribution in [0.4, 0.5) is 0 Å². The van der Waals surface area contributed by atoms with Crippen LogP contribution in [0.1, 0.15) is 44.7 Å². The molecule has 0 saturated heterocycles. The smallest absolute Gasteiger partial charge is 0.162 e. The molecule has 106 valence electrons. The Balaban J connectivity index is 2.26. The zero-order chi connectivity index (χ0) is 13.7. The molecule has 0 aliphatic carbocycles. The van der Waals surface area contributed by atoms with Crippen LogP contribution in [0.5, 0.6) is 11.5 Å². The summed E-state index contributed by atoms with van der Waals surface area (Å²) in [7, 11) is 0. The highest BCUT2D eigenvalue weighted by Gasteiger charge is 2.18. The SMILES string of the molecule is CCCNC(CC)c1cc2c(cc1Cl)OCCCO2. The molecule has 0 radical (unpaired) electrons. The van der Waals surface area contributed by atoms with Crippen LogP contribution >= 0.6 is 11.6 Å². The van der Waals surface area contributed by atoms with Crippen molar-refractivity contribution in [3.8, 4) is 11.5 Å². The second-order valence-corrected chi connectivity index (χ2v) is 5.19. The van der Waals surface area contributed by atoms with Crippen LogP contribution in [0.15, 0.2) is 12.1 Å². The van der Waals surface area contributed by atoms with E-state index in [1.165, 1.54) is 0 Å². The molecule has 3 nitrogen and oxygen atoms in total. The summed E-state index contributed by atoms with van der Waals surface area (Å²) in [5.74, 6) is 1.57. The maximum absolute atomic E-state index is 6.39. The van der Waals surface area contributed by atoms with E-state index in [0.717, 1.165) is 47.9 Å². The summed E-state index contributed by atoms with van der Waals surface area (Å²) < 4.78 is 11.4. The van der Waals surface area contributed by atoms with Crippen molar-refractivity contribution >= 4 is 11.6 Å². The maximum Gasteiger partial charge on any atom is 0.162 e. The molecule has 0 amide bonds. The third-order valence-corrected chi connectivity index (χ3v) is 3.62. The zero-order valence-electron chi connectivity index (χ0n) is 11.7. The number of benzene rings is 1. The fourth-order valence-electron chi connectivity index (χ4n) is 2.26. The highest BCUT2D eigenvalue weighted by molar-refractivity contribution is 6.31. The average Bonchev–Trinajstić information content (AvgIpc) is 2.64. The van der Waals surface area contributed by atoms with Gasteiger partial charge in [-0.05, 0) is 31.0 Å². The Morgan fingerprint density at radius 1 is 1.21 bits per heavy atom. The molecule has 0 bridgehead atoms. The first-order valence-corrected chi connectivity index (χ1v) is 7.46. The van der Waals surface area contributed by atoms with E-state index in [4.69, 9.17) is 21.1 Å². The Morgan fingerprint density at radius 2 is 1.89 bits per heavy atom. The number of halogens is 1. The Kier molecular flexibility index (Phi) is 5.34. The van der Waals surface area contributed by atoms with Gasteiger partial charge >= 0.3 is 0 Å². The molecule has 1 N–H and O–H groups in total. The van der Waals surface area contributed by atoms with Crippen molar-refractivity contribution < 1.29 is 9.47 Å². The van der Waals surface area contributed by atoms with Gasteiger partial charge in [0, 0.05) is 23.6 Å². The van der Waals surface area contributed by atoms with E-state index < -0.39 is 0 Å². The largest absolute Gasteiger partial charge is 0.490 e. The number of ether oxygens (including phenoxy) is 2. The fraction of sp³-hybridized carbons (Fsp3) is 0.600. The summed E-state index contributed by atoms with van der Waals surface area (Å²) in [5.41, 5.74) is 1.10. The summed E-state index contributed by atoms with van der Waals surface area (Å²) in [6.07, 6.45) is 3.02. The molecule has 2 rings (SSSR count). The van der Waals surface area contributed by atoms with Gasteiger partial charge in [0.15, 0.2) is 11.5 Å². The van der Waals surface area contributed by atoms with Crippen molar-refractivity contribution in [1.82, 2.24) is 5.32 Å². The van der Waals surface area contributed by atoms with E-state index in [0.29, 0.717) is 13.2 Å². The third-order valence-electron chi connectivity index (χ3n) is 3.29. The minimum atomic E-state index is 0.268. The number of hydrogen-bond acceptors (Lipinski definition) is 3. The first kappa shape index (κ1) is 14.5. The minimum Gasteiger partial charge on any atom is -0.490 e. The van der Waals surface area contributed by atoms with Gasteiger partial charge < -0.3 is 14.8 Å². The van der Waals surface area contributed by atoms with E-state index in [-0.39, 0.29) is 6.04 Å². The maximum atomic E-state index is 6.39. The molecule has 4 heteroatoms. The van der Waals surface area contributed by atoms with Crippen LogP contribution < -0.4 is 14.8 Å². The summed E-state index contributed by atoms with van der Waals surface area (Å²) in [6.45, 7) is 6.70. The molecule has 1 aromatic carbocycles. The van der Waals surface area contributed by atoms with E-state index in [9.17, 15) is 0 Å². The van der Waals surface area contributed by atoms with Gasteiger partial charge in [-0.1, -0.05) is 25.4 Å². The van der Waals surface area contributed by atoms with Crippen molar-refractivity contribution in [3.05, 3.63) is 22.7 Å². The lowest BCUT2D eigenvalue weighted by molar-refractivity contribution is 0.297. The second kappa shape index (κ2) is 7.01. The number of nitrogens with one attached hydrogen (secondary N) is 1. The van der Waals surface area contributed by atoms with Gasteiger partial charge in [-0.2, -0.15) is 0 Å². The lowest BCUT2D eigenvalue weighted by atomic mass is 10.0. The quantitative estimate of drug-likeness (QED) is 0.887. The predicted octanol–water partition coefficient (Wildman–Crippen LogP) is 3.95. The Hall–Kier alpha value is -0.930. The first-order valence-electron chi connectivity index (χ1n) is 7.08. The summed E-state index contributed by atoms with van der Waals surface area (Å²) >= 11 is 6.39. The predicted molar refractivity (Wildman–Crippen MR) is 78.4 cm³/mol. The van der Waals surface area contributed by atoms with Gasteiger partial charge in [0.25, 0.3) is 0 Å². The second-order valence-electron chi connectivity index (χ2n) is 4.79. The molecule has 19 heavy (non-hydrogen) atoms. The van der Waals surface area contributed by atoms with Crippen LogP contribution in [0.2, 0.25) is 5.02 Å². The minimum absolute atomic E-state index is 0.268. The Morgan fingerprint density at radius 3 is 2.53 bits per heavy atom. The fourth-order valence-corrected chi connectivity index (χ4v) is 2.54. The molecule has 0 spiro atoms. The lowest BCUT2D eigenvalue weighted by Gasteiger charge is -2.20. The molecule has 1 aliphatic heterocycles. The van der Waals surface area contributed by atoms with E-state index in [2.05, 4.69) is 19.2 Å². The summed E-state index contributed by atoms with van der Waals surface area (Å²) in [4.78, 5) is 0. The molecular weight excluding hydrogens is 262 g/mol. The third kappa shape index (κ3) is 3.54. The van der Waals surface area contributed by atoms with Crippen molar-refractivity contribution in [1.29, 1.82) is 0 Å². The molecule has 0 saturated carbocycles. The van der Waals surface area contributed by atoms with Gasteiger partial charge in [0.05, 0.1) is 13.2 Å². The van der Waals surface area contributed by atoms with Crippen molar-refractivity contribution in [2.45, 2.75) is 39.2 Å². The first-order chi connectivity index (χ1) is 9.26. The summed E-state index contributed by atoms with van der Waals surface area (Å²) in [6, 6.07) is 4.18. The normalized spacial score (nSPS) is 15.9. The molecule has 0 aromatic heterocycles. The van der Waals surface area contributed by atoms with Crippen LogP contribution in [0, 0.1) is 0 Å². The molecule has 0 fully saturated rings. The van der Waals surface area contributed by atoms with Crippen LogP contribution in [-0.4, -0.2) is 19.8 Å². The number of fused-ring (bicyclic) bond motifs is 1. The highest BCUT2D eigenvalue weighted by atomic mass is 35.5. The van der Waals surface area contributed by atoms with Gasteiger partial charge in [-0.15, -0.1) is 0 Å². The van der Waals surface area contributed by atoms with E-state index >= 15 is 0 Å². The van der Waals surface area contributed by atoms with Crippen LogP contribution in [-0.2, 0) is 0 Å². The van der Waals surface area contributed by atoms with E-state index in [1.54, 1.807) is 0 Å². The van der Waals surface area contributed by atoms with Crippen molar-refractivity contribution in [2.24, 2.45) is 0 Å². The van der Waals surface area contributed by atoms with Gasteiger partial charge in [0.2, 0.25) is 0 Å². The van der Waals surface area contributed by atoms with Crippen LogP contribution in [0.3, 0.4) is 0 Å². The van der Waals surface area contributed by atoms with Gasteiger partial charge in [0.1, 0.15) is 0 Å². The average molecular weight is 284 g/mol. The monoisotopic (exact) mass is 283 g/mol. The van der Waals surface area contributed by atoms with Gasteiger partial charge in [-0.25, -0.2) is 0 Å². The standard InChI is InChI=1S/C15H22ClNO2/c1-3-6-17-13(4-2)11-9-14-15(10-12(11)16)19-8-5-7-18-14/h9-10,13,17H,3-8H2,1-2H3. The lowest BCUT2D eigenvalue weighted by Crippen LogP contribution is -2.21. The molecule has 1 heterocycles. The Labute approximate surface area is 120 Å². The topological polar surface area (TPSA) is 30.5 Å². The molecular formula is C15H22ClNO2. The van der Waals surface area contributed by atoms with Crippen molar-refractivity contribution in [3.63, 3.8) is 0 Å². The molecule has 1 aliphatic rings. The van der Waals surface area contributed by atoms with Crippen LogP contribution in [0.25, 0.3) is 0 Å². The summed E-state index contributed by atoms with van der Waals surface area (Å²) in [5, 5.41) is 4.27. The van der Waals surface area contributed by atoms with Gasteiger partial charge in [-0.3, -0.25) is 0 Å². The number of rotatable bonds is 5.